The molecule has 0 spiro atoms. The molecule has 0 saturated carbocycles. The fourth-order valence-electron chi connectivity index (χ4n) is 2.59. The fourth-order valence-corrected chi connectivity index (χ4v) is 3.52. The molecule has 2 heterocycles. The molecule has 8 heteroatoms. The average Bonchev–Trinajstić information content (AvgIpc) is 3.08. The van der Waals surface area contributed by atoms with Gasteiger partial charge in [0.2, 0.25) is 0 Å². The molecule has 146 valence electrons. The molecule has 1 amide bonds. The molecule has 2 N–H and O–H groups in total. The maximum absolute atomic E-state index is 11.9. The number of amides is 1. The Labute approximate surface area is 166 Å². The smallest absolute Gasteiger partial charge is 0.408 e. The summed E-state index contributed by atoms with van der Waals surface area (Å²) < 4.78 is 7.03. The predicted molar refractivity (Wildman–Crippen MR) is 107 cm³/mol. The van der Waals surface area contributed by atoms with Crippen LogP contribution in [0.2, 0.25) is 0 Å². The maximum atomic E-state index is 11.9. The molecule has 0 saturated heterocycles. The molecule has 28 heavy (non-hydrogen) atoms. The van der Waals surface area contributed by atoms with Crippen LogP contribution in [0.5, 0.6) is 0 Å². The molecule has 0 aliphatic heterocycles. The van der Waals surface area contributed by atoms with Crippen LogP contribution in [0.4, 0.5) is 4.79 Å². The molecular weight excluding hydrogens is 378 g/mol. The van der Waals surface area contributed by atoms with E-state index in [1.807, 2.05) is 66.2 Å². The van der Waals surface area contributed by atoms with Crippen molar-refractivity contribution in [2.75, 3.05) is 5.75 Å². The Hall–Kier alpha value is -3.00. The van der Waals surface area contributed by atoms with Crippen molar-refractivity contribution in [3.05, 3.63) is 71.7 Å². The van der Waals surface area contributed by atoms with E-state index in [0.717, 1.165) is 22.5 Å². The summed E-state index contributed by atoms with van der Waals surface area (Å²) in [6.45, 7) is 2.10. The van der Waals surface area contributed by atoms with Gasteiger partial charge in [0.15, 0.2) is 0 Å². The van der Waals surface area contributed by atoms with Crippen LogP contribution in [0.1, 0.15) is 16.8 Å². The summed E-state index contributed by atoms with van der Waals surface area (Å²) >= 11 is 1.39. The molecule has 1 aromatic carbocycles. The van der Waals surface area contributed by atoms with Crippen molar-refractivity contribution in [3.63, 3.8) is 0 Å². The molecule has 3 aromatic rings. The van der Waals surface area contributed by atoms with Crippen LogP contribution < -0.4 is 5.32 Å². The zero-order valence-electron chi connectivity index (χ0n) is 15.4. The number of carboxylic acids is 1. The van der Waals surface area contributed by atoms with E-state index >= 15 is 0 Å². The molecule has 2 aromatic heterocycles. The van der Waals surface area contributed by atoms with Crippen LogP contribution in [0, 0.1) is 6.92 Å². The molecule has 0 fully saturated rings. The Balaban J connectivity index is 1.48. The lowest BCUT2D eigenvalue weighted by Gasteiger charge is -2.14. The second-order valence-corrected chi connectivity index (χ2v) is 7.35. The minimum absolute atomic E-state index is 0.0901. The first kappa shape index (κ1) is 19.8. The van der Waals surface area contributed by atoms with Crippen molar-refractivity contribution in [2.45, 2.75) is 25.3 Å². The highest BCUT2D eigenvalue weighted by atomic mass is 32.2. The Kier molecular flexibility index (Phi) is 6.54. The van der Waals surface area contributed by atoms with Crippen molar-refractivity contribution in [1.29, 1.82) is 0 Å². The normalized spacial score (nSPS) is 11.9. The van der Waals surface area contributed by atoms with Gasteiger partial charge in [0.25, 0.3) is 0 Å². The third kappa shape index (κ3) is 5.50. The molecule has 7 nitrogen and oxygen atoms in total. The number of aromatic nitrogens is 2. The van der Waals surface area contributed by atoms with Gasteiger partial charge in [0, 0.05) is 23.9 Å². The second kappa shape index (κ2) is 9.27. The number of hydrogen-bond donors (Lipinski definition) is 2. The number of ether oxygens (including phenoxy) is 1. The summed E-state index contributed by atoms with van der Waals surface area (Å²) in [6.07, 6.45) is 3.16. The van der Waals surface area contributed by atoms with E-state index in [9.17, 15) is 14.7 Å². The summed E-state index contributed by atoms with van der Waals surface area (Å²) in [5, 5.41) is 11.7. The molecule has 0 bridgehead atoms. The lowest BCUT2D eigenvalue weighted by Crippen LogP contribution is -2.42. The van der Waals surface area contributed by atoms with E-state index in [2.05, 4.69) is 10.3 Å². The van der Waals surface area contributed by atoms with E-state index in [1.54, 1.807) is 0 Å². The van der Waals surface area contributed by atoms with E-state index in [-0.39, 0.29) is 12.4 Å². The third-order valence-corrected chi connectivity index (χ3v) is 5.06. The molecular formula is C20H21N3O4S. The van der Waals surface area contributed by atoms with Gasteiger partial charge >= 0.3 is 12.1 Å². The second-order valence-electron chi connectivity index (χ2n) is 6.32. The highest BCUT2D eigenvalue weighted by Gasteiger charge is 2.21. The van der Waals surface area contributed by atoms with Crippen LogP contribution in [0.25, 0.3) is 5.65 Å². The lowest BCUT2D eigenvalue weighted by atomic mass is 10.2. The Morgan fingerprint density at radius 2 is 2.00 bits per heavy atom. The number of alkyl carbamates (subject to hydrolysis) is 1. The summed E-state index contributed by atoms with van der Waals surface area (Å²) in [6, 6.07) is 12.1. The fraction of sp³-hybridized carbons (Fsp3) is 0.250. The van der Waals surface area contributed by atoms with Gasteiger partial charge in [-0.05, 0) is 24.1 Å². The van der Waals surface area contributed by atoms with Crippen LogP contribution in [-0.2, 0) is 21.9 Å². The van der Waals surface area contributed by atoms with Gasteiger partial charge in [-0.15, -0.1) is 0 Å². The summed E-state index contributed by atoms with van der Waals surface area (Å²) in [5.74, 6) is -0.344. The van der Waals surface area contributed by atoms with Crippen LogP contribution >= 0.6 is 11.8 Å². The molecule has 0 aliphatic carbocycles. The largest absolute Gasteiger partial charge is 0.480 e. The van der Waals surface area contributed by atoms with Crippen LogP contribution in [-0.4, -0.2) is 38.3 Å². The maximum Gasteiger partial charge on any atom is 0.408 e. The molecule has 1 atom stereocenters. The quantitative estimate of drug-likeness (QED) is 0.604. The number of aliphatic carboxylic acids is 1. The van der Waals surface area contributed by atoms with Gasteiger partial charge in [-0.1, -0.05) is 36.4 Å². The molecule has 0 radical (unpaired) electrons. The number of aryl methyl sites for hydroxylation is 1. The molecule has 3 rings (SSSR count). The minimum atomic E-state index is -1.10. The zero-order valence-corrected chi connectivity index (χ0v) is 16.2. The number of hydrogen-bond acceptors (Lipinski definition) is 5. The van der Waals surface area contributed by atoms with E-state index in [4.69, 9.17) is 4.74 Å². The number of carbonyl (C=O) groups is 2. The van der Waals surface area contributed by atoms with Crippen molar-refractivity contribution in [2.24, 2.45) is 0 Å². The van der Waals surface area contributed by atoms with Crippen molar-refractivity contribution in [3.8, 4) is 0 Å². The summed E-state index contributed by atoms with van der Waals surface area (Å²) in [4.78, 5) is 27.8. The number of thioether (sulfide) groups is 1. The van der Waals surface area contributed by atoms with E-state index < -0.39 is 18.1 Å². The zero-order chi connectivity index (χ0) is 19.9. The Morgan fingerprint density at radius 3 is 2.75 bits per heavy atom. The predicted octanol–water partition coefficient (Wildman–Crippen LogP) is 3.26. The first-order valence-corrected chi connectivity index (χ1v) is 9.89. The number of rotatable bonds is 8. The van der Waals surface area contributed by atoms with Gasteiger partial charge < -0.3 is 19.6 Å². The SMILES string of the molecule is Cc1ccc2nc(CSCC(NC(=O)OCc3ccccc3)C(=O)O)cn2c1. The van der Waals surface area contributed by atoms with Gasteiger partial charge in [-0.3, -0.25) is 0 Å². The van der Waals surface area contributed by atoms with Gasteiger partial charge in [-0.2, -0.15) is 11.8 Å². The number of pyridine rings is 1. The molecule has 0 aliphatic rings. The highest BCUT2D eigenvalue weighted by Crippen LogP contribution is 2.15. The number of carbonyl (C=O) groups excluding carboxylic acids is 1. The van der Waals surface area contributed by atoms with Gasteiger partial charge in [0.05, 0.1) is 5.69 Å². The first-order chi connectivity index (χ1) is 13.5. The van der Waals surface area contributed by atoms with Gasteiger partial charge in [0.1, 0.15) is 18.3 Å². The van der Waals surface area contributed by atoms with Crippen molar-refractivity contribution < 1.29 is 19.4 Å². The van der Waals surface area contributed by atoms with Crippen LogP contribution in [0.15, 0.2) is 54.9 Å². The van der Waals surface area contributed by atoms with Gasteiger partial charge in [-0.25, -0.2) is 14.6 Å². The summed E-state index contributed by atoms with van der Waals surface area (Å²) in [7, 11) is 0. The Bertz CT molecular complexity index is 958. The number of imidazole rings is 1. The number of fused-ring (bicyclic) bond motifs is 1. The highest BCUT2D eigenvalue weighted by molar-refractivity contribution is 7.98. The number of carboxylic acid groups (broad SMARTS) is 1. The topological polar surface area (TPSA) is 92.9 Å². The van der Waals surface area contributed by atoms with Crippen LogP contribution in [0.3, 0.4) is 0 Å². The number of benzene rings is 1. The number of nitrogens with zero attached hydrogens (tertiary/aromatic N) is 2. The summed E-state index contributed by atoms with van der Waals surface area (Å²) in [5.41, 5.74) is 3.67. The Morgan fingerprint density at radius 1 is 1.21 bits per heavy atom. The van der Waals surface area contributed by atoms with E-state index in [1.165, 1.54) is 11.8 Å². The van der Waals surface area contributed by atoms with Crippen molar-refractivity contribution in [1.82, 2.24) is 14.7 Å². The first-order valence-electron chi connectivity index (χ1n) is 8.73. The van der Waals surface area contributed by atoms with Crippen molar-refractivity contribution >= 4 is 29.5 Å². The average molecular weight is 399 g/mol. The number of nitrogens with one attached hydrogen (secondary N) is 1. The standard InChI is InChI=1S/C20H21N3O4S/c1-14-7-8-18-21-16(10-23(18)9-14)12-28-13-17(19(24)25)22-20(26)27-11-15-5-3-2-4-6-15/h2-10,17H,11-13H2,1H3,(H,22,26)(H,24,25). The monoisotopic (exact) mass is 399 g/mol. The molecule has 1 unspecified atom stereocenters. The lowest BCUT2D eigenvalue weighted by molar-refractivity contribution is -0.138. The van der Waals surface area contributed by atoms with E-state index in [0.29, 0.717) is 5.75 Å². The minimum Gasteiger partial charge on any atom is -0.480 e. The third-order valence-electron chi connectivity index (χ3n) is 3.99.